The van der Waals surface area contributed by atoms with Crippen LogP contribution in [0.5, 0.6) is 0 Å². The summed E-state index contributed by atoms with van der Waals surface area (Å²) in [4.78, 5) is 0.766. The molecule has 0 aromatic carbocycles. The Labute approximate surface area is 96.8 Å². The van der Waals surface area contributed by atoms with Gasteiger partial charge in [0.25, 0.3) is 0 Å². The van der Waals surface area contributed by atoms with Gasteiger partial charge < -0.3 is 5.32 Å². The minimum Gasteiger partial charge on any atom is -0.309 e. The van der Waals surface area contributed by atoms with E-state index in [2.05, 4.69) is 21.2 Å². The van der Waals surface area contributed by atoms with Crippen molar-refractivity contribution in [2.45, 2.75) is 32.5 Å². The van der Waals surface area contributed by atoms with Crippen LogP contribution >= 0.6 is 27.3 Å². The van der Waals surface area contributed by atoms with Crippen molar-refractivity contribution in [3.8, 4) is 0 Å². The van der Waals surface area contributed by atoms with Gasteiger partial charge in [0, 0.05) is 16.6 Å². The zero-order valence-corrected chi connectivity index (χ0v) is 11.0. The second-order valence-electron chi connectivity index (χ2n) is 4.23. The smallest absolute Gasteiger partial charge is 0.148 e. The SMILES string of the molecule is CC(C)(C)NCC(F)c1sccc1Br. The van der Waals surface area contributed by atoms with E-state index in [0.717, 1.165) is 9.35 Å². The van der Waals surface area contributed by atoms with Crippen molar-refractivity contribution in [3.05, 3.63) is 20.8 Å². The fourth-order valence-electron chi connectivity index (χ4n) is 1.02. The molecular weight excluding hydrogens is 265 g/mol. The molecule has 0 saturated heterocycles. The zero-order valence-electron chi connectivity index (χ0n) is 8.60. The second kappa shape index (κ2) is 4.73. The Balaban J connectivity index is 2.51. The molecule has 0 fully saturated rings. The molecule has 0 spiro atoms. The van der Waals surface area contributed by atoms with Gasteiger partial charge in [-0.25, -0.2) is 4.39 Å². The molecule has 14 heavy (non-hydrogen) atoms. The molecule has 0 saturated carbocycles. The van der Waals surface area contributed by atoms with Crippen LogP contribution in [0.15, 0.2) is 15.9 Å². The fourth-order valence-corrected chi connectivity index (χ4v) is 2.62. The second-order valence-corrected chi connectivity index (χ2v) is 6.03. The maximum absolute atomic E-state index is 13.7. The summed E-state index contributed by atoms with van der Waals surface area (Å²) in [5.74, 6) is 0. The largest absolute Gasteiger partial charge is 0.309 e. The Morgan fingerprint density at radius 3 is 2.64 bits per heavy atom. The van der Waals surface area contributed by atoms with Gasteiger partial charge >= 0.3 is 0 Å². The molecule has 0 bridgehead atoms. The van der Waals surface area contributed by atoms with Gasteiger partial charge in [0.15, 0.2) is 0 Å². The minimum absolute atomic E-state index is 0.0337. The first-order chi connectivity index (χ1) is 6.40. The van der Waals surface area contributed by atoms with Crippen LogP contribution in [0, 0.1) is 0 Å². The van der Waals surface area contributed by atoms with Gasteiger partial charge in [0.2, 0.25) is 0 Å². The summed E-state index contributed by atoms with van der Waals surface area (Å²) < 4.78 is 14.5. The van der Waals surface area contributed by atoms with Crippen molar-refractivity contribution in [2.24, 2.45) is 0 Å². The summed E-state index contributed by atoms with van der Waals surface area (Å²) in [5, 5.41) is 5.04. The molecule has 1 nitrogen and oxygen atoms in total. The standard InChI is InChI=1S/C10H15BrFNS/c1-10(2,3)13-6-8(12)9-7(11)4-5-14-9/h4-5,8,13H,6H2,1-3H3. The van der Waals surface area contributed by atoms with Gasteiger partial charge in [0.1, 0.15) is 6.17 Å². The molecule has 1 aromatic rings. The third-order valence-electron chi connectivity index (χ3n) is 1.74. The van der Waals surface area contributed by atoms with E-state index in [1.165, 1.54) is 11.3 Å². The van der Waals surface area contributed by atoms with Crippen LogP contribution in [-0.4, -0.2) is 12.1 Å². The third-order valence-corrected chi connectivity index (χ3v) is 3.70. The lowest BCUT2D eigenvalue weighted by Crippen LogP contribution is -2.37. The molecule has 0 aliphatic carbocycles. The fraction of sp³-hybridized carbons (Fsp3) is 0.600. The highest BCUT2D eigenvalue weighted by Gasteiger charge is 2.17. The van der Waals surface area contributed by atoms with E-state index in [1.807, 2.05) is 32.2 Å². The van der Waals surface area contributed by atoms with E-state index in [4.69, 9.17) is 0 Å². The quantitative estimate of drug-likeness (QED) is 0.885. The maximum atomic E-state index is 13.7. The molecule has 1 N–H and O–H groups in total. The number of halogens is 2. The first-order valence-electron chi connectivity index (χ1n) is 4.52. The third kappa shape index (κ3) is 3.67. The molecule has 1 aromatic heterocycles. The Kier molecular flexibility index (Phi) is 4.10. The van der Waals surface area contributed by atoms with E-state index in [0.29, 0.717) is 6.54 Å². The predicted molar refractivity (Wildman–Crippen MR) is 63.6 cm³/mol. The van der Waals surface area contributed by atoms with Crippen molar-refractivity contribution in [2.75, 3.05) is 6.54 Å². The van der Waals surface area contributed by atoms with Gasteiger partial charge in [-0.2, -0.15) is 0 Å². The highest BCUT2D eigenvalue weighted by molar-refractivity contribution is 9.10. The summed E-state index contributed by atoms with van der Waals surface area (Å²) >= 11 is 4.78. The number of rotatable bonds is 3. The normalized spacial score (nSPS) is 14.4. The van der Waals surface area contributed by atoms with Crippen LogP contribution in [0.3, 0.4) is 0 Å². The minimum atomic E-state index is -0.927. The number of nitrogens with one attached hydrogen (secondary N) is 1. The highest BCUT2D eigenvalue weighted by Crippen LogP contribution is 2.31. The summed E-state index contributed by atoms with van der Waals surface area (Å²) in [6.45, 7) is 6.46. The predicted octanol–water partition coefficient (Wildman–Crippen LogP) is 3.91. The number of hydrogen-bond acceptors (Lipinski definition) is 2. The lowest BCUT2D eigenvalue weighted by molar-refractivity contribution is 0.295. The molecule has 4 heteroatoms. The first-order valence-corrected chi connectivity index (χ1v) is 6.19. The first kappa shape index (κ1) is 12.1. The Bertz CT molecular complexity index is 293. The Morgan fingerprint density at radius 2 is 2.21 bits per heavy atom. The van der Waals surface area contributed by atoms with Gasteiger partial charge in [-0.3, -0.25) is 0 Å². The van der Waals surface area contributed by atoms with Crippen LogP contribution in [0.4, 0.5) is 4.39 Å². The van der Waals surface area contributed by atoms with Gasteiger partial charge in [-0.1, -0.05) is 0 Å². The average Bonchev–Trinajstić information content (AvgIpc) is 2.46. The van der Waals surface area contributed by atoms with Crippen LogP contribution in [0.25, 0.3) is 0 Å². The average molecular weight is 280 g/mol. The summed E-state index contributed by atoms with van der Waals surface area (Å²) in [6.07, 6.45) is -0.927. The molecule has 80 valence electrons. The van der Waals surface area contributed by atoms with Crippen molar-refractivity contribution in [3.63, 3.8) is 0 Å². The molecule has 1 unspecified atom stereocenters. The van der Waals surface area contributed by atoms with E-state index in [1.54, 1.807) is 0 Å². The molecule has 0 aliphatic rings. The molecule has 0 radical (unpaired) electrons. The van der Waals surface area contributed by atoms with Gasteiger partial charge in [0.05, 0.1) is 4.88 Å². The highest BCUT2D eigenvalue weighted by atomic mass is 79.9. The Hall–Kier alpha value is 0.0700. The molecule has 1 rings (SSSR count). The summed E-state index contributed by atoms with van der Waals surface area (Å²) in [7, 11) is 0. The van der Waals surface area contributed by atoms with Crippen molar-refractivity contribution in [1.29, 1.82) is 0 Å². The monoisotopic (exact) mass is 279 g/mol. The number of thiophene rings is 1. The van der Waals surface area contributed by atoms with Crippen LogP contribution in [0.1, 0.15) is 31.8 Å². The van der Waals surface area contributed by atoms with Crippen LogP contribution in [-0.2, 0) is 0 Å². The van der Waals surface area contributed by atoms with E-state index in [-0.39, 0.29) is 5.54 Å². The van der Waals surface area contributed by atoms with Crippen LogP contribution < -0.4 is 5.32 Å². The molecule has 0 aliphatic heterocycles. The van der Waals surface area contributed by atoms with Crippen LogP contribution in [0.2, 0.25) is 0 Å². The lowest BCUT2D eigenvalue weighted by Gasteiger charge is -2.21. The Morgan fingerprint density at radius 1 is 1.57 bits per heavy atom. The zero-order chi connectivity index (χ0) is 10.8. The van der Waals surface area contributed by atoms with E-state index >= 15 is 0 Å². The summed E-state index contributed by atoms with van der Waals surface area (Å²) in [5.41, 5.74) is -0.0337. The van der Waals surface area contributed by atoms with E-state index < -0.39 is 6.17 Å². The van der Waals surface area contributed by atoms with Crippen molar-refractivity contribution < 1.29 is 4.39 Å². The maximum Gasteiger partial charge on any atom is 0.148 e. The number of alkyl halides is 1. The topological polar surface area (TPSA) is 12.0 Å². The number of hydrogen-bond donors (Lipinski definition) is 1. The molecule has 1 atom stereocenters. The molecular formula is C10H15BrFNS. The van der Waals surface area contributed by atoms with Gasteiger partial charge in [-0.15, -0.1) is 11.3 Å². The van der Waals surface area contributed by atoms with Crippen molar-refractivity contribution >= 4 is 27.3 Å². The molecule has 0 amide bonds. The van der Waals surface area contributed by atoms with Crippen molar-refractivity contribution in [1.82, 2.24) is 5.32 Å². The van der Waals surface area contributed by atoms with Gasteiger partial charge in [-0.05, 0) is 48.1 Å². The lowest BCUT2D eigenvalue weighted by atomic mass is 10.1. The summed E-state index contributed by atoms with van der Waals surface area (Å²) in [6, 6.07) is 1.88. The molecule has 1 heterocycles. The van der Waals surface area contributed by atoms with E-state index in [9.17, 15) is 4.39 Å².